The van der Waals surface area contributed by atoms with Crippen molar-refractivity contribution < 1.29 is 13.2 Å². The van der Waals surface area contributed by atoms with Crippen molar-refractivity contribution in [3.05, 3.63) is 17.8 Å². The smallest absolute Gasteiger partial charge is 0.259 e. The summed E-state index contributed by atoms with van der Waals surface area (Å²) in [6.45, 7) is 0. The van der Waals surface area contributed by atoms with Crippen molar-refractivity contribution in [1.82, 2.24) is 4.98 Å². The first-order valence-corrected chi connectivity index (χ1v) is 6.15. The fraction of sp³-hybridized carbons (Fsp3) is 0.333. The second-order valence-electron chi connectivity index (χ2n) is 3.47. The van der Waals surface area contributed by atoms with Crippen LogP contribution in [0.15, 0.2) is 17.3 Å². The van der Waals surface area contributed by atoms with Crippen LogP contribution in [0.1, 0.15) is 18.4 Å². The van der Waals surface area contributed by atoms with Crippen molar-refractivity contribution in [2.75, 3.05) is 0 Å². The van der Waals surface area contributed by atoms with Crippen LogP contribution in [-0.4, -0.2) is 19.5 Å². The molecule has 1 aromatic rings. The largest absolute Gasteiger partial charge is 0.486 e. The highest BCUT2D eigenvalue weighted by Crippen LogP contribution is 2.32. The number of nitrogens with two attached hydrogens (primary N) is 1. The van der Waals surface area contributed by atoms with Crippen molar-refractivity contribution in [3.8, 4) is 11.8 Å². The molecular weight excluding hydrogens is 230 g/mol. The number of hydrogen-bond acceptors (Lipinski definition) is 5. The second kappa shape index (κ2) is 3.73. The second-order valence-corrected chi connectivity index (χ2v) is 4.94. The lowest BCUT2D eigenvalue weighted by molar-refractivity contribution is 0.291. The number of sulfonamides is 1. The van der Waals surface area contributed by atoms with E-state index < -0.39 is 10.0 Å². The summed E-state index contributed by atoms with van der Waals surface area (Å²) in [6.07, 6.45) is 2.89. The standard InChI is InChI=1S/C9H9N3O3S/c10-5-6-3-4-12-9(16(11,13)14)8(6)15-7-1-2-7/h3-4,7H,1-2H2,(H2,11,13,14). The number of nitrogens with zero attached hydrogens (tertiary/aromatic N) is 2. The van der Waals surface area contributed by atoms with Gasteiger partial charge in [-0.1, -0.05) is 0 Å². The van der Waals surface area contributed by atoms with Gasteiger partial charge in [-0.15, -0.1) is 0 Å². The molecule has 0 saturated heterocycles. The number of primary sulfonamides is 1. The predicted molar refractivity (Wildman–Crippen MR) is 54.0 cm³/mol. The summed E-state index contributed by atoms with van der Waals surface area (Å²) in [4.78, 5) is 3.65. The number of ether oxygens (including phenoxy) is 1. The zero-order valence-corrected chi connectivity index (χ0v) is 9.07. The zero-order chi connectivity index (χ0) is 11.8. The SMILES string of the molecule is N#Cc1ccnc(S(N)(=O)=O)c1OC1CC1. The van der Waals surface area contributed by atoms with Crippen LogP contribution in [0, 0.1) is 11.3 Å². The van der Waals surface area contributed by atoms with Crippen molar-refractivity contribution in [2.24, 2.45) is 5.14 Å². The third-order valence-corrected chi connectivity index (χ3v) is 2.90. The van der Waals surface area contributed by atoms with E-state index in [2.05, 4.69) is 4.98 Å². The van der Waals surface area contributed by atoms with E-state index in [0.29, 0.717) is 0 Å². The van der Waals surface area contributed by atoms with Crippen LogP contribution in [-0.2, 0) is 10.0 Å². The number of pyridine rings is 1. The molecule has 16 heavy (non-hydrogen) atoms. The molecule has 2 rings (SSSR count). The van der Waals surface area contributed by atoms with Gasteiger partial charge in [-0.2, -0.15) is 5.26 Å². The third kappa shape index (κ3) is 2.13. The number of nitriles is 1. The molecule has 84 valence electrons. The summed E-state index contributed by atoms with van der Waals surface area (Å²) in [5.74, 6) is -0.0324. The van der Waals surface area contributed by atoms with Gasteiger partial charge in [0.15, 0.2) is 5.75 Å². The fourth-order valence-electron chi connectivity index (χ4n) is 1.19. The molecule has 7 heteroatoms. The number of aromatic nitrogens is 1. The maximum atomic E-state index is 11.2. The minimum atomic E-state index is -3.97. The molecule has 2 N–H and O–H groups in total. The summed E-state index contributed by atoms with van der Waals surface area (Å²) in [5.41, 5.74) is 0.130. The van der Waals surface area contributed by atoms with Gasteiger partial charge in [0.1, 0.15) is 6.07 Å². The molecule has 0 aliphatic heterocycles. The van der Waals surface area contributed by atoms with E-state index >= 15 is 0 Å². The maximum Gasteiger partial charge on any atom is 0.259 e. The van der Waals surface area contributed by atoms with Gasteiger partial charge in [0.2, 0.25) is 5.03 Å². The van der Waals surface area contributed by atoms with Gasteiger partial charge < -0.3 is 4.74 Å². The van der Waals surface area contributed by atoms with Gasteiger partial charge in [-0.25, -0.2) is 18.5 Å². The Balaban J connectivity index is 2.55. The van der Waals surface area contributed by atoms with Gasteiger partial charge in [0.05, 0.1) is 11.7 Å². The van der Waals surface area contributed by atoms with Gasteiger partial charge >= 0.3 is 0 Å². The van der Waals surface area contributed by atoms with E-state index in [9.17, 15) is 8.42 Å². The number of hydrogen-bond donors (Lipinski definition) is 1. The average molecular weight is 239 g/mol. The lowest BCUT2D eigenvalue weighted by atomic mass is 10.3. The van der Waals surface area contributed by atoms with Crippen molar-refractivity contribution >= 4 is 10.0 Å². The van der Waals surface area contributed by atoms with Crippen molar-refractivity contribution in [2.45, 2.75) is 24.0 Å². The lowest BCUT2D eigenvalue weighted by Gasteiger charge is -2.09. The van der Waals surface area contributed by atoms with Gasteiger partial charge in [-0.05, 0) is 18.9 Å². The highest BCUT2D eigenvalue weighted by molar-refractivity contribution is 7.89. The van der Waals surface area contributed by atoms with Crippen LogP contribution in [0.4, 0.5) is 0 Å². The summed E-state index contributed by atoms with van der Waals surface area (Å²) in [6, 6.07) is 3.25. The maximum absolute atomic E-state index is 11.2. The molecule has 0 unspecified atom stereocenters. The Morgan fingerprint density at radius 3 is 2.75 bits per heavy atom. The van der Waals surface area contributed by atoms with Crippen LogP contribution in [0.2, 0.25) is 0 Å². The van der Waals surface area contributed by atoms with E-state index in [-0.39, 0.29) is 22.4 Å². The Morgan fingerprint density at radius 2 is 2.25 bits per heavy atom. The van der Waals surface area contributed by atoms with Crippen LogP contribution in [0.3, 0.4) is 0 Å². The Morgan fingerprint density at radius 1 is 1.56 bits per heavy atom. The molecule has 1 heterocycles. The van der Waals surface area contributed by atoms with Gasteiger partial charge in [0, 0.05) is 6.20 Å². The summed E-state index contributed by atoms with van der Waals surface area (Å²) in [7, 11) is -3.97. The van der Waals surface area contributed by atoms with Crippen LogP contribution in [0.5, 0.6) is 5.75 Å². The highest BCUT2D eigenvalue weighted by atomic mass is 32.2. The first kappa shape index (κ1) is 10.9. The summed E-state index contributed by atoms with van der Waals surface area (Å²) >= 11 is 0. The normalized spacial score (nSPS) is 15.5. The molecule has 1 aliphatic carbocycles. The van der Waals surface area contributed by atoms with E-state index in [1.807, 2.05) is 6.07 Å². The summed E-state index contributed by atoms with van der Waals surface area (Å²) in [5, 5.41) is 13.5. The van der Waals surface area contributed by atoms with Gasteiger partial charge in [0.25, 0.3) is 10.0 Å². The van der Waals surface area contributed by atoms with E-state index in [4.69, 9.17) is 15.1 Å². The highest BCUT2D eigenvalue weighted by Gasteiger charge is 2.29. The molecule has 0 bridgehead atoms. The molecule has 1 saturated carbocycles. The molecule has 0 spiro atoms. The minimum Gasteiger partial charge on any atom is -0.486 e. The van der Waals surface area contributed by atoms with E-state index in [0.717, 1.165) is 12.8 Å². The minimum absolute atomic E-state index is 0.0307. The Labute approximate surface area is 92.7 Å². The monoisotopic (exact) mass is 239 g/mol. The Bertz CT molecular complexity index is 558. The molecule has 0 atom stereocenters. The average Bonchev–Trinajstić information content (AvgIpc) is 3.00. The van der Waals surface area contributed by atoms with Gasteiger partial charge in [-0.3, -0.25) is 0 Å². The van der Waals surface area contributed by atoms with Crippen LogP contribution >= 0.6 is 0 Å². The molecule has 0 amide bonds. The molecular formula is C9H9N3O3S. The topological polar surface area (TPSA) is 106 Å². The van der Waals surface area contributed by atoms with E-state index in [1.54, 1.807) is 0 Å². The predicted octanol–water partition coefficient (Wildman–Crippen LogP) is 0.142. The molecule has 1 fully saturated rings. The van der Waals surface area contributed by atoms with Crippen LogP contribution in [0.25, 0.3) is 0 Å². The molecule has 1 aliphatic rings. The van der Waals surface area contributed by atoms with Crippen molar-refractivity contribution in [3.63, 3.8) is 0 Å². The van der Waals surface area contributed by atoms with Crippen LogP contribution < -0.4 is 9.88 Å². The first-order valence-electron chi connectivity index (χ1n) is 4.61. The van der Waals surface area contributed by atoms with E-state index in [1.165, 1.54) is 12.3 Å². The Kier molecular flexibility index (Phi) is 2.53. The first-order chi connectivity index (χ1) is 7.52. The quantitative estimate of drug-likeness (QED) is 0.807. The van der Waals surface area contributed by atoms with Crippen molar-refractivity contribution in [1.29, 1.82) is 5.26 Å². The summed E-state index contributed by atoms with van der Waals surface area (Å²) < 4.78 is 27.9. The number of rotatable bonds is 3. The molecule has 0 radical (unpaired) electrons. The fourth-order valence-corrected chi connectivity index (χ4v) is 1.81. The third-order valence-electron chi connectivity index (χ3n) is 2.07. The molecule has 0 aromatic carbocycles. The molecule has 6 nitrogen and oxygen atoms in total. The lowest BCUT2D eigenvalue weighted by Crippen LogP contribution is -2.16. The molecule has 1 aromatic heterocycles. The Hall–Kier alpha value is -1.65. The zero-order valence-electron chi connectivity index (χ0n) is 8.25.